The van der Waals surface area contributed by atoms with E-state index in [0.29, 0.717) is 24.9 Å². The molecule has 1 saturated heterocycles. The number of nitrogens with zero attached hydrogens (tertiary/aromatic N) is 2. The second-order valence-corrected chi connectivity index (χ2v) is 14.7. The highest BCUT2D eigenvalue weighted by Gasteiger charge is 2.38. The largest absolute Gasteiger partial charge is 0.490 e. The van der Waals surface area contributed by atoms with Gasteiger partial charge in [0.05, 0.1) is 23.7 Å². The quantitative estimate of drug-likeness (QED) is 0.157. The van der Waals surface area contributed by atoms with Gasteiger partial charge in [0.2, 0.25) is 11.8 Å². The lowest BCUT2D eigenvalue weighted by molar-refractivity contribution is -0.142. The predicted octanol–water partition coefficient (Wildman–Crippen LogP) is 4.90. The zero-order valence-electron chi connectivity index (χ0n) is 30.2. The van der Waals surface area contributed by atoms with Gasteiger partial charge in [-0.15, -0.1) is 0 Å². The number of carbonyl (C=O) groups is 3. The maximum absolute atomic E-state index is 14.2. The van der Waals surface area contributed by atoms with Crippen LogP contribution in [-0.2, 0) is 16.0 Å². The minimum atomic E-state index is -1.12. The second kappa shape index (κ2) is 16.9. The van der Waals surface area contributed by atoms with E-state index in [1.165, 1.54) is 0 Å². The zero-order valence-corrected chi connectivity index (χ0v) is 30.2. The summed E-state index contributed by atoms with van der Waals surface area (Å²) in [5.74, 6) is -0.526. The summed E-state index contributed by atoms with van der Waals surface area (Å²) in [6, 6.07) is 28.0. The van der Waals surface area contributed by atoms with Gasteiger partial charge in [0.25, 0.3) is 5.91 Å². The molecule has 1 aliphatic rings. The number of fused-ring (bicyclic) bond motifs is 1. The Morgan fingerprint density at radius 2 is 1.59 bits per heavy atom. The van der Waals surface area contributed by atoms with Crippen molar-refractivity contribution >= 4 is 28.6 Å². The van der Waals surface area contributed by atoms with Gasteiger partial charge >= 0.3 is 0 Å². The first kappa shape index (κ1) is 37.5. The lowest BCUT2D eigenvalue weighted by atomic mass is 9.94. The number of amides is 3. The Morgan fingerprint density at radius 1 is 0.922 bits per heavy atom. The molecule has 0 saturated carbocycles. The van der Waals surface area contributed by atoms with Gasteiger partial charge < -0.3 is 30.7 Å². The monoisotopic (exact) mass is 693 g/mol. The number of piperidine rings is 1. The molecule has 10 nitrogen and oxygen atoms in total. The first-order chi connectivity index (χ1) is 24.4. The van der Waals surface area contributed by atoms with Crippen molar-refractivity contribution in [3.05, 3.63) is 108 Å². The van der Waals surface area contributed by atoms with Gasteiger partial charge in [-0.1, -0.05) is 86.6 Å². The molecule has 2 heterocycles. The van der Waals surface area contributed by atoms with Crippen LogP contribution in [-0.4, -0.2) is 81.7 Å². The molecule has 5 atom stereocenters. The number of hydrogen-bond donors (Lipinski definition) is 4. The highest BCUT2D eigenvalue weighted by atomic mass is 16.5. The highest BCUT2D eigenvalue weighted by molar-refractivity contribution is 5.98. The molecule has 5 rings (SSSR count). The average Bonchev–Trinajstić information content (AvgIpc) is 3.12. The number of aliphatic hydroxyl groups is 1. The van der Waals surface area contributed by atoms with Crippen LogP contribution in [0.3, 0.4) is 0 Å². The highest BCUT2D eigenvalue weighted by Crippen LogP contribution is 2.23. The Kier molecular flexibility index (Phi) is 12.4. The smallest absolute Gasteiger partial charge is 0.270 e. The standard InChI is InChI=1S/C41H51N5O5/c1-27(2)37(45-38(48)33-21-20-29-16-12-13-19-32(29)43-33)39(49)44-34(24-28-14-8-6-9-15-28)36(47)26-46(41(3,4)5)40(50)35-25-31(22-23-42-35)51-30-17-10-7-11-18-30/h6-21,27,31,34-37,42,47H,22-26H2,1-5H3,(H,44,49)(H,45,48)/t31-,34+,35?,36-,37+/m1/s1. The summed E-state index contributed by atoms with van der Waals surface area (Å²) < 4.78 is 6.21. The van der Waals surface area contributed by atoms with Crippen LogP contribution in [0, 0.1) is 5.92 Å². The number of β-amino-alcohol motifs (C(OH)–C–C–N with tert-alkyl or cyclic N) is 1. The molecule has 0 radical (unpaired) electrons. The maximum Gasteiger partial charge on any atom is 0.270 e. The summed E-state index contributed by atoms with van der Waals surface area (Å²) in [4.78, 5) is 47.7. The van der Waals surface area contributed by atoms with Crippen molar-refractivity contribution in [2.75, 3.05) is 13.1 Å². The lowest BCUT2D eigenvalue weighted by Crippen LogP contribution is -2.61. The summed E-state index contributed by atoms with van der Waals surface area (Å²) in [5, 5.41) is 22.1. The first-order valence-electron chi connectivity index (χ1n) is 17.8. The maximum atomic E-state index is 14.2. The van der Waals surface area contributed by atoms with Crippen molar-refractivity contribution in [1.29, 1.82) is 0 Å². The number of aliphatic hydroxyl groups excluding tert-OH is 1. The van der Waals surface area contributed by atoms with E-state index in [1.54, 1.807) is 11.0 Å². The number of carbonyl (C=O) groups excluding carboxylic acids is 3. The topological polar surface area (TPSA) is 133 Å². The minimum Gasteiger partial charge on any atom is -0.490 e. The van der Waals surface area contributed by atoms with Crippen molar-refractivity contribution in [3.8, 4) is 5.75 Å². The van der Waals surface area contributed by atoms with Crippen LogP contribution < -0.4 is 20.7 Å². The number of aromatic nitrogens is 1. The molecule has 10 heteroatoms. The summed E-state index contributed by atoms with van der Waals surface area (Å²) >= 11 is 0. The predicted molar refractivity (Wildman–Crippen MR) is 199 cm³/mol. The van der Waals surface area contributed by atoms with Crippen molar-refractivity contribution < 1.29 is 24.2 Å². The third-order valence-electron chi connectivity index (χ3n) is 9.30. The van der Waals surface area contributed by atoms with Gasteiger partial charge in [0.15, 0.2) is 0 Å². The van der Waals surface area contributed by atoms with E-state index in [1.807, 2.05) is 126 Å². The minimum absolute atomic E-state index is 0.0117. The van der Waals surface area contributed by atoms with Crippen LogP contribution in [0.1, 0.15) is 63.5 Å². The number of benzene rings is 3. The normalized spacial score (nSPS) is 18.0. The molecular weight excluding hydrogens is 642 g/mol. The summed E-state index contributed by atoms with van der Waals surface area (Å²) in [6.07, 6.45) is 0.324. The van der Waals surface area contributed by atoms with Crippen molar-refractivity contribution in [1.82, 2.24) is 25.8 Å². The van der Waals surface area contributed by atoms with E-state index in [-0.39, 0.29) is 30.2 Å². The third kappa shape index (κ3) is 10.1. The van der Waals surface area contributed by atoms with Crippen LogP contribution in [0.25, 0.3) is 10.9 Å². The fourth-order valence-electron chi connectivity index (χ4n) is 6.43. The zero-order chi connectivity index (χ0) is 36.5. The Bertz CT molecular complexity index is 1760. The van der Waals surface area contributed by atoms with Gasteiger partial charge in [0, 0.05) is 23.9 Å². The van der Waals surface area contributed by atoms with E-state index >= 15 is 0 Å². The fraction of sp³-hybridized carbons (Fsp3) is 0.415. The number of pyridine rings is 1. The second-order valence-electron chi connectivity index (χ2n) is 14.7. The molecule has 0 aliphatic carbocycles. The van der Waals surface area contributed by atoms with Gasteiger partial charge in [0.1, 0.15) is 23.6 Å². The summed E-state index contributed by atoms with van der Waals surface area (Å²) in [5.41, 5.74) is 1.17. The van der Waals surface area contributed by atoms with E-state index in [0.717, 1.165) is 23.1 Å². The van der Waals surface area contributed by atoms with Gasteiger partial charge in [-0.05, 0) is 75.9 Å². The van der Waals surface area contributed by atoms with E-state index in [9.17, 15) is 19.5 Å². The van der Waals surface area contributed by atoms with Crippen LogP contribution in [0.2, 0.25) is 0 Å². The average molecular weight is 694 g/mol. The van der Waals surface area contributed by atoms with Crippen LogP contribution in [0.15, 0.2) is 97.1 Å². The molecule has 3 amide bonds. The Balaban J connectivity index is 1.32. The lowest BCUT2D eigenvalue weighted by Gasteiger charge is -2.42. The molecule has 1 aromatic heterocycles. The van der Waals surface area contributed by atoms with Gasteiger partial charge in [-0.2, -0.15) is 0 Å². The number of rotatable bonds is 13. The molecule has 51 heavy (non-hydrogen) atoms. The molecule has 0 spiro atoms. The SMILES string of the molecule is CC(C)[C@H](NC(=O)c1ccc2ccccc2n1)C(=O)N[C@@H](Cc1ccccc1)[C@H](O)CN(C(=O)C1C[C@H](Oc2ccccc2)CCN1)C(C)(C)C. The molecule has 1 aliphatic heterocycles. The van der Waals surface area contributed by atoms with Crippen molar-refractivity contribution in [2.45, 2.75) is 89.8 Å². The van der Waals surface area contributed by atoms with Gasteiger partial charge in [-0.3, -0.25) is 14.4 Å². The molecule has 1 fully saturated rings. The first-order valence-corrected chi connectivity index (χ1v) is 17.8. The molecule has 4 N–H and O–H groups in total. The Morgan fingerprint density at radius 3 is 2.27 bits per heavy atom. The number of hydrogen-bond acceptors (Lipinski definition) is 7. The number of ether oxygens (including phenoxy) is 1. The Labute approximate surface area is 301 Å². The number of nitrogens with one attached hydrogen (secondary N) is 3. The Hall–Kier alpha value is -4.80. The third-order valence-corrected chi connectivity index (χ3v) is 9.30. The summed E-state index contributed by atoms with van der Waals surface area (Å²) in [6.45, 7) is 10.1. The molecule has 3 aromatic carbocycles. The molecular formula is C41H51N5O5. The summed E-state index contributed by atoms with van der Waals surface area (Å²) in [7, 11) is 0. The van der Waals surface area contributed by atoms with Gasteiger partial charge in [-0.25, -0.2) is 4.98 Å². The fourth-order valence-corrected chi connectivity index (χ4v) is 6.43. The van der Waals surface area contributed by atoms with Crippen molar-refractivity contribution in [2.24, 2.45) is 5.92 Å². The number of para-hydroxylation sites is 2. The molecule has 1 unspecified atom stereocenters. The molecule has 4 aromatic rings. The van der Waals surface area contributed by atoms with Crippen LogP contribution in [0.4, 0.5) is 0 Å². The molecule has 270 valence electrons. The van der Waals surface area contributed by atoms with E-state index < -0.39 is 41.6 Å². The van der Waals surface area contributed by atoms with Crippen LogP contribution in [0.5, 0.6) is 5.75 Å². The van der Waals surface area contributed by atoms with E-state index in [2.05, 4.69) is 20.9 Å². The van der Waals surface area contributed by atoms with Crippen molar-refractivity contribution in [3.63, 3.8) is 0 Å². The van der Waals surface area contributed by atoms with E-state index in [4.69, 9.17) is 4.74 Å². The van der Waals surface area contributed by atoms with Crippen LogP contribution >= 0.6 is 0 Å². The molecule has 0 bridgehead atoms.